The van der Waals surface area contributed by atoms with Crippen molar-refractivity contribution in [1.82, 2.24) is 9.55 Å². The summed E-state index contributed by atoms with van der Waals surface area (Å²) in [7, 11) is 0. The molecule has 1 spiro atoms. The molecule has 0 N–H and O–H groups in total. The molecule has 0 fully saturated rings. The van der Waals surface area contributed by atoms with Crippen LogP contribution in [0.15, 0.2) is 146 Å². The molecule has 2 aliphatic carbocycles. The first-order chi connectivity index (χ1) is 19.9. The van der Waals surface area contributed by atoms with Gasteiger partial charge in [0, 0.05) is 11.3 Å². The molecule has 0 radical (unpaired) electrons. The number of aromatic nitrogens is 2. The minimum atomic E-state index is -0.363. The molecule has 186 valence electrons. The van der Waals surface area contributed by atoms with E-state index in [1.807, 2.05) is 0 Å². The summed E-state index contributed by atoms with van der Waals surface area (Å²) in [5, 5.41) is 0. The van der Waals surface area contributed by atoms with Crippen molar-refractivity contribution in [2.45, 2.75) is 5.41 Å². The van der Waals surface area contributed by atoms with Crippen LogP contribution in [0.5, 0.6) is 0 Å². The lowest BCUT2D eigenvalue weighted by Crippen LogP contribution is -2.26. The molecule has 0 aliphatic heterocycles. The average molecular weight is 509 g/mol. The Morgan fingerprint density at radius 3 is 1.62 bits per heavy atom. The van der Waals surface area contributed by atoms with Crippen LogP contribution in [0, 0.1) is 0 Å². The second-order valence-corrected chi connectivity index (χ2v) is 10.7. The molecule has 9 rings (SSSR count). The lowest BCUT2D eigenvalue weighted by molar-refractivity contribution is 0.792. The zero-order valence-corrected chi connectivity index (χ0v) is 21.8. The number of hydrogen-bond donors (Lipinski definition) is 0. The van der Waals surface area contributed by atoms with Gasteiger partial charge in [-0.3, -0.25) is 4.57 Å². The van der Waals surface area contributed by atoms with E-state index in [0.29, 0.717) is 0 Å². The molecule has 7 aromatic rings. The molecular formula is C38H24N2. The predicted molar refractivity (Wildman–Crippen MR) is 163 cm³/mol. The Labute approximate surface area is 232 Å². The number of nitrogens with zero attached hydrogens (tertiary/aromatic N) is 2. The van der Waals surface area contributed by atoms with Crippen molar-refractivity contribution in [3.63, 3.8) is 0 Å². The van der Waals surface area contributed by atoms with E-state index in [1.54, 1.807) is 0 Å². The van der Waals surface area contributed by atoms with Crippen LogP contribution in [0.25, 0.3) is 50.4 Å². The normalized spacial score (nSPS) is 13.7. The summed E-state index contributed by atoms with van der Waals surface area (Å²) < 4.78 is 2.33. The molecule has 2 aliphatic rings. The monoisotopic (exact) mass is 508 g/mol. The third-order valence-corrected chi connectivity index (χ3v) is 8.83. The van der Waals surface area contributed by atoms with E-state index in [0.717, 1.165) is 28.1 Å². The fraction of sp³-hybridized carbons (Fsp3) is 0.0263. The Balaban J connectivity index is 1.40. The second-order valence-electron chi connectivity index (χ2n) is 10.7. The van der Waals surface area contributed by atoms with Gasteiger partial charge in [0.1, 0.15) is 5.82 Å². The van der Waals surface area contributed by atoms with Crippen molar-refractivity contribution in [1.29, 1.82) is 0 Å². The van der Waals surface area contributed by atoms with Gasteiger partial charge in [0.2, 0.25) is 0 Å². The smallest absolute Gasteiger partial charge is 0.145 e. The van der Waals surface area contributed by atoms with Gasteiger partial charge in [0.05, 0.1) is 16.4 Å². The third-order valence-electron chi connectivity index (χ3n) is 8.83. The summed E-state index contributed by atoms with van der Waals surface area (Å²) in [6.07, 6.45) is 0. The maximum Gasteiger partial charge on any atom is 0.145 e. The number of imidazole rings is 1. The van der Waals surface area contributed by atoms with Crippen molar-refractivity contribution < 1.29 is 0 Å². The Morgan fingerprint density at radius 2 is 0.975 bits per heavy atom. The number of hydrogen-bond acceptors (Lipinski definition) is 1. The highest BCUT2D eigenvalue weighted by atomic mass is 15.1. The van der Waals surface area contributed by atoms with Gasteiger partial charge in [-0.15, -0.1) is 0 Å². The van der Waals surface area contributed by atoms with Gasteiger partial charge in [-0.2, -0.15) is 0 Å². The number of fused-ring (bicyclic) bond motifs is 11. The Hall–Kier alpha value is -5.21. The first-order valence-electron chi connectivity index (χ1n) is 13.8. The van der Waals surface area contributed by atoms with Crippen LogP contribution in [0.1, 0.15) is 22.3 Å². The highest BCUT2D eigenvalue weighted by Crippen LogP contribution is 2.62. The van der Waals surface area contributed by atoms with Crippen LogP contribution in [0.2, 0.25) is 0 Å². The molecule has 40 heavy (non-hydrogen) atoms. The summed E-state index contributed by atoms with van der Waals surface area (Å²) in [5.41, 5.74) is 14.6. The van der Waals surface area contributed by atoms with Crippen molar-refractivity contribution in [3.8, 4) is 39.3 Å². The molecule has 2 nitrogen and oxygen atoms in total. The molecule has 0 unspecified atom stereocenters. The van der Waals surface area contributed by atoms with Gasteiger partial charge < -0.3 is 0 Å². The molecule has 2 heteroatoms. The van der Waals surface area contributed by atoms with Crippen LogP contribution in [-0.2, 0) is 5.41 Å². The van der Waals surface area contributed by atoms with Crippen LogP contribution in [-0.4, -0.2) is 9.55 Å². The summed E-state index contributed by atoms with van der Waals surface area (Å²) >= 11 is 0. The van der Waals surface area contributed by atoms with Crippen molar-refractivity contribution in [2.75, 3.05) is 0 Å². The molecule has 0 saturated heterocycles. The van der Waals surface area contributed by atoms with E-state index in [-0.39, 0.29) is 5.41 Å². The van der Waals surface area contributed by atoms with Gasteiger partial charge in [0.15, 0.2) is 0 Å². The van der Waals surface area contributed by atoms with Gasteiger partial charge in [-0.05, 0) is 68.8 Å². The van der Waals surface area contributed by atoms with Crippen LogP contribution in [0.4, 0.5) is 0 Å². The largest absolute Gasteiger partial charge is 0.292 e. The molecule has 0 amide bonds. The van der Waals surface area contributed by atoms with E-state index in [2.05, 4.69) is 150 Å². The zero-order chi connectivity index (χ0) is 26.3. The minimum absolute atomic E-state index is 0.363. The number of benzene rings is 6. The molecule has 0 bridgehead atoms. The topological polar surface area (TPSA) is 17.8 Å². The lowest BCUT2D eigenvalue weighted by atomic mass is 9.70. The SMILES string of the molecule is c1ccc(-c2nc3ccccc3n2-c2ccc3c(c2)C2(c4ccccc4-c4ccccc42)c2ccccc2-3)cc1. The number of para-hydroxylation sites is 2. The highest BCUT2D eigenvalue weighted by Gasteiger charge is 2.51. The van der Waals surface area contributed by atoms with Crippen molar-refractivity contribution in [3.05, 3.63) is 168 Å². The molecule has 1 aromatic heterocycles. The minimum Gasteiger partial charge on any atom is -0.292 e. The molecule has 0 saturated carbocycles. The van der Waals surface area contributed by atoms with Crippen LogP contribution in [0.3, 0.4) is 0 Å². The second kappa shape index (κ2) is 7.91. The van der Waals surface area contributed by atoms with Crippen LogP contribution < -0.4 is 0 Å². The van der Waals surface area contributed by atoms with E-state index in [9.17, 15) is 0 Å². The standard InChI is InChI=1S/C38H24N2/c1-2-12-25(13-3-1)37-39-35-20-10-11-21-36(35)40(37)26-22-23-30-29-16-6-9-19-33(29)38(34(30)24-26)31-17-7-4-14-27(31)28-15-5-8-18-32(28)38/h1-24H. The summed E-state index contributed by atoms with van der Waals surface area (Å²) in [6, 6.07) is 52.9. The summed E-state index contributed by atoms with van der Waals surface area (Å²) in [6.45, 7) is 0. The summed E-state index contributed by atoms with van der Waals surface area (Å²) in [4.78, 5) is 5.12. The van der Waals surface area contributed by atoms with E-state index < -0.39 is 0 Å². The fourth-order valence-corrected chi connectivity index (χ4v) is 7.29. The van der Waals surface area contributed by atoms with E-state index in [1.165, 1.54) is 44.5 Å². The Morgan fingerprint density at radius 1 is 0.450 bits per heavy atom. The third kappa shape index (κ3) is 2.65. The Bertz CT molecular complexity index is 2050. The number of rotatable bonds is 2. The molecule has 0 atom stereocenters. The first-order valence-corrected chi connectivity index (χ1v) is 13.8. The van der Waals surface area contributed by atoms with E-state index >= 15 is 0 Å². The summed E-state index contributed by atoms with van der Waals surface area (Å²) in [5.74, 6) is 0.957. The Kier molecular flexibility index (Phi) is 4.29. The lowest BCUT2D eigenvalue weighted by Gasteiger charge is -2.30. The maximum atomic E-state index is 5.12. The molecule has 1 heterocycles. The highest BCUT2D eigenvalue weighted by molar-refractivity contribution is 5.95. The van der Waals surface area contributed by atoms with Crippen LogP contribution >= 0.6 is 0 Å². The van der Waals surface area contributed by atoms with Gasteiger partial charge in [-0.25, -0.2) is 4.98 Å². The predicted octanol–water partition coefficient (Wildman–Crippen LogP) is 9.04. The van der Waals surface area contributed by atoms with Gasteiger partial charge >= 0.3 is 0 Å². The fourth-order valence-electron chi connectivity index (χ4n) is 7.29. The average Bonchev–Trinajstić information content (AvgIpc) is 3.66. The van der Waals surface area contributed by atoms with Gasteiger partial charge in [0.25, 0.3) is 0 Å². The molecule has 6 aromatic carbocycles. The zero-order valence-electron chi connectivity index (χ0n) is 21.8. The maximum absolute atomic E-state index is 5.12. The van der Waals surface area contributed by atoms with E-state index in [4.69, 9.17) is 4.98 Å². The van der Waals surface area contributed by atoms with Crippen molar-refractivity contribution in [2.24, 2.45) is 0 Å². The van der Waals surface area contributed by atoms with Gasteiger partial charge in [-0.1, -0.05) is 121 Å². The quantitative estimate of drug-likeness (QED) is 0.228. The van der Waals surface area contributed by atoms with Crippen molar-refractivity contribution >= 4 is 11.0 Å². The first kappa shape index (κ1) is 21.7. The molecular weight excluding hydrogens is 484 g/mol.